The summed E-state index contributed by atoms with van der Waals surface area (Å²) in [5, 5.41) is 4.73. The van der Waals surface area contributed by atoms with Crippen LogP contribution in [0.25, 0.3) is 0 Å². The maximum Gasteiger partial charge on any atom is 0.177 e. The number of ketones is 1. The van der Waals surface area contributed by atoms with E-state index in [-0.39, 0.29) is 24.9 Å². The third-order valence-electron chi connectivity index (χ3n) is 2.71. The summed E-state index contributed by atoms with van der Waals surface area (Å²) in [6.45, 7) is 3.99. The van der Waals surface area contributed by atoms with Gasteiger partial charge >= 0.3 is 0 Å². The molecule has 2 aromatic rings. The Morgan fingerprint density at radius 1 is 1.35 bits per heavy atom. The molecular formula is C14H16ClN3O2. The number of aromatic nitrogens is 3. The normalized spacial score (nSPS) is 10.8. The van der Waals surface area contributed by atoms with Crippen LogP contribution in [0.1, 0.15) is 25.7 Å². The fraction of sp³-hybridized carbons (Fsp3) is 0.357. The summed E-state index contributed by atoms with van der Waals surface area (Å²) in [4.78, 5) is 16.0. The Kier molecular flexibility index (Phi) is 4.74. The second-order valence-electron chi connectivity index (χ2n) is 4.67. The Bertz CT molecular complexity index is 578. The summed E-state index contributed by atoms with van der Waals surface area (Å²) in [5.41, 5.74) is 0. The minimum Gasteiger partial charge on any atom is -0.486 e. The molecule has 0 amide bonds. The van der Waals surface area contributed by atoms with Gasteiger partial charge in [-0.1, -0.05) is 11.6 Å². The van der Waals surface area contributed by atoms with Crippen molar-refractivity contribution in [1.82, 2.24) is 14.8 Å². The van der Waals surface area contributed by atoms with Crippen molar-refractivity contribution in [3.05, 3.63) is 41.4 Å². The molecular weight excluding hydrogens is 278 g/mol. The highest BCUT2D eigenvalue weighted by atomic mass is 35.5. The van der Waals surface area contributed by atoms with Crippen molar-refractivity contribution < 1.29 is 9.53 Å². The molecule has 0 unspecified atom stereocenters. The zero-order valence-corrected chi connectivity index (χ0v) is 12.2. The average Bonchev–Trinajstić information content (AvgIpc) is 2.86. The van der Waals surface area contributed by atoms with Crippen LogP contribution in [0.3, 0.4) is 0 Å². The maximum atomic E-state index is 11.9. The highest BCUT2D eigenvalue weighted by molar-refractivity contribution is 6.30. The molecule has 0 aliphatic rings. The van der Waals surface area contributed by atoms with Crippen LogP contribution in [0.15, 0.2) is 30.6 Å². The van der Waals surface area contributed by atoms with Gasteiger partial charge in [0.15, 0.2) is 5.78 Å². The largest absolute Gasteiger partial charge is 0.486 e. The zero-order valence-electron chi connectivity index (χ0n) is 11.4. The van der Waals surface area contributed by atoms with E-state index in [1.165, 1.54) is 6.33 Å². The lowest BCUT2D eigenvalue weighted by Crippen LogP contribution is -2.18. The van der Waals surface area contributed by atoms with E-state index in [9.17, 15) is 4.79 Å². The number of benzene rings is 1. The first-order valence-corrected chi connectivity index (χ1v) is 6.72. The van der Waals surface area contributed by atoms with E-state index in [1.807, 2.05) is 13.8 Å². The monoisotopic (exact) mass is 293 g/mol. The van der Waals surface area contributed by atoms with Gasteiger partial charge in [0.1, 0.15) is 24.5 Å². The van der Waals surface area contributed by atoms with Gasteiger partial charge in [-0.15, -0.1) is 0 Å². The Hall–Kier alpha value is -1.88. The molecule has 1 aromatic carbocycles. The lowest BCUT2D eigenvalue weighted by atomic mass is 10.2. The molecule has 0 bridgehead atoms. The van der Waals surface area contributed by atoms with Crippen molar-refractivity contribution >= 4 is 17.4 Å². The third kappa shape index (κ3) is 3.81. The van der Waals surface area contributed by atoms with Gasteiger partial charge in [-0.05, 0) is 38.1 Å². The first kappa shape index (κ1) is 14.5. The van der Waals surface area contributed by atoms with E-state index >= 15 is 0 Å². The lowest BCUT2D eigenvalue weighted by Gasteiger charge is -2.09. The van der Waals surface area contributed by atoms with Gasteiger partial charge in [0, 0.05) is 11.1 Å². The van der Waals surface area contributed by atoms with E-state index in [0.717, 1.165) is 0 Å². The highest BCUT2D eigenvalue weighted by Gasteiger charge is 2.12. The lowest BCUT2D eigenvalue weighted by molar-refractivity contribution is -0.120. The van der Waals surface area contributed by atoms with Crippen LogP contribution in [0, 0.1) is 0 Å². The topological polar surface area (TPSA) is 57.0 Å². The van der Waals surface area contributed by atoms with E-state index in [4.69, 9.17) is 16.3 Å². The minimum atomic E-state index is -0.0464. The summed E-state index contributed by atoms with van der Waals surface area (Å²) in [6, 6.07) is 7.07. The molecule has 0 saturated heterocycles. The van der Waals surface area contributed by atoms with Gasteiger partial charge < -0.3 is 4.74 Å². The van der Waals surface area contributed by atoms with Crippen LogP contribution in [-0.4, -0.2) is 27.2 Å². The van der Waals surface area contributed by atoms with Crippen molar-refractivity contribution in [2.45, 2.75) is 26.3 Å². The van der Waals surface area contributed by atoms with Crippen LogP contribution in [-0.2, 0) is 11.2 Å². The van der Waals surface area contributed by atoms with Crippen LogP contribution < -0.4 is 4.74 Å². The van der Waals surface area contributed by atoms with Gasteiger partial charge in [-0.25, -0.2) is 9.67 Å². The average molecular weight is 294 g/mol. The number of Topliss-reactive ketones (excluding diaryl/α,β-unsaturated/α-hetero) is 1. The smallest absolute Gasteiger partial charge is 0.177 e. The molecule has 0 atom stereocenters. The third-order valence-corrected chi connectivity index (χ3v) is 2.96. The van der Waals surface area contributed by atoms with Crippen molar-refractivity contribution in [2.24, 2.45) is 0 Å². The molecule has 1 heterocycles. The Balaban J connectivity index is 1.89. The molecule has 0 aliphatic heterocycles. The second-order valence-corrected chi connectivity index (χ2v) is 5.11. The van der Waals surface area contributed by atoms with E-state index in [0.29, 0.717) is 16.6 Å². The maximum absolute atomic E-state index is 11.9. The first-order chi connectivity index (χ1) is 9.56. The number of hydrogen-bond donors (Lipinski definition) is 0. The molecule has 0 saturated carbocycles. The molecule has 5 nitrogen and oxygen atoms in total. The van der Waals surface area contributed by atoms with Gasteiger partial charge in [0.25, 0.3) is 0 Å². The zero-order chi connectivity index (χ0) is 14.5. The van der Waals surface area contributed by atoms with Crippen molar-refractivity contribution in [3.8, 4) is 5.75 Å². The second kappa shape index (κ2) is 6.52. The molecule has 6 heteroatoms. The summed E-state index contributed by atoms with van der Waals surface area (Å²) < 4.78 is 7.14. The van der Waals surface area contributed by atoms with Crippen molar-refractivity contribution in [3.63, 3.8) is 0 Å². The van der Waals surface area contributed by atoms with Crippen LogP contribution in [0.5, 0.6) is 5.75 Å². The van der Waals surface area contributed by atoms with Gasteiger partial charge in [-0.3, -0.25) is 4.79 Å². The molecule has 106 valence electrons. The minimum absolute atomic E-state index is 0.00654. The molecule has 0 N–H and O–H groups in total. The summed E-state index contributed by atoms with van der Waals surface area (Å²) in [5.74, 6) is 1.23. The van der Waals surface area contributed by atoms with E-state index in [1.54, 1.807) is 28.9 Å². The van der Waals surface area contributed by atoms with Gasteiger partial charge in [0.05, 0.1) is 6.42 Å². The SMILES string of the molecule is CC(C)n1ncnc1CC(=O)COc1ccc(Cl)cc1. The molecule has 1 aromatic heterocycles. The molecule has 20 heavy (non-hydrogen) atoms. The summed E-state index contributed by atoms with van der Waals surface area (Å²) >= 11 is 5.78. The van der Waals surface area contributed by atoms with Gasteiger partial charge in [-0.2, -0.15) is 5.10 Å². The summed E-state index contributed by atoms with van der Waals surface area (Å²) in [7, 11) is 0. The van der Waals surface area contributed by atoms with Crippen LogP contribution in [0.2, 0.25) is 5.02 Å². The Morgan fingerprint density at radius 3 is 2.70 bits per heavy atom. The number of ether oxygens (including phenoxy) is 1. The molecule has 0 fully saturated rings. The molecule has 0 spiro atoms. The van der Waals surface area contributed by atoms with Crippen LogP contribution >= 0.6 is 11.6 Å². The number of nitrogens with zero attached hydrogens (tertiary/aromatic N) is 3. The number of rotatable bonds is 6. The highest BCUT2D eigenvalue weighted by Crippen LogP contribution is 2.15. The van der Waals surface area contributed by atoms with Gasteiger partial charge in [0.2, 0.25) is 0 Å². The predicted molar refractivity (Wildman–Crippen MR) is 76.1 cm³/mol. The Morgan fingerprint density at radius 2 is 2.05 bits per heavy atom. The number of carbonyl (C=O) groups excluding carboxylic acids is 1. The van der Waals surface area contributed by atoms with E-state index in [2.05, 4.69) is 10.1 Å². The van der Waals surface area contributed by atoms with E-state index < -0.39 is 0 Å². The van der Waals surface area contributed by atoms with Crippen LogP contribution in [0.4, 0.5) is 0 Å². The predicted octanol–water partition coefficient (Wildman–Crippen LogP) is 2.70. The fourth-order valence-electron chi connectivity index (χ4n) is 1.75. The number of carbonyl (C=O) groups is 1. The van der Waals surface area contributed by atoms with Crippen molar-refractivity contribution in [2.75, 3.05) is 6.61 Å². The van der Waals surface area contributed by atoms with Crippen molar-refractivity contribution in [1.29, 1.82) is 0 Å². The summed E-state index contributed by atoms with van der Waals surface area (Å²) in [6.07, 6.45) is 1.68. The first-order valence-electron chi connectivity index (χ1n) is 6.34. The Labute approximate surface area is 122 Å². The molecule has 0 radical (unpaired) electrons. The standard InChI is InChI=1S/C14H16ClN3O2/c1-10(2)18-14(16-9-17-18)7-12(19)8-20-13-5-3-11(15)4-6-13/h3-6,9-10H,7-8H2,1-2H3. The molecule has 2 rings (SSSR count). The molecule has 0 aliphatic carbocycles. The number of halogens is 1. The quantitative estimate of drug-likeness (QED) is 0.822. The fourth-order valence-corrected chi connectivity index (χ4v) is 1.88. The number of hydrogen-bond acceptors (Lipinski definition) is 4.